The van der Waals surface area contributed by atoms with Crippen molar-refractivity contribution in [3.8, 4) is 0 Å². The van der Waals surface area contributed by atoms with Crippen LogP contribution in [-0.2, 0) is 13.6 Å². The second-order valence-corrected chi connectivity index (χ2v) is 3.91. The molecule has 0 unspecified atom stereocenters. The third-order valence-electron chi connectivity index (χ3n) is 2.51. The Morgan fingerprint density at radius 1 is 1.50 bits per heavy atom. The molecule has 0 radical (unpaired) electrons. The van der Waals surface area contributed by atoms with Crippen LogP contribution in [0.1, 0.15) is 16.2 Å². The lowest BCUT2D eigenvalue weighted by atomic mass is 10.2. The Bertz CT molecular complexity index is 559. The topological polar surface area (TPSA) is 72.9 Å². The average molecular weight is 248 g/mol. The maximum Gasteiger partial charge on any atom is 0.251 e. The molecule has 0 saturated heterocycles. The number of nitrogens with two attached hydrogens (primary N) is 1. The van der Waals surface area contributed by atoms with Crippen LogP contribution in [0.3, 0.4) is 0 Å². The second kappa shape index (κ2) is 4.87. The molecule has 0 aliphatic rings. The predicted molar refractivity (Wildman–Crippen MR) is 65.2 cm³/mol. The van der Waals surface area contributed by atoms with Crippen LogP contribution in [-0.4, -0.2) is 15.5 Å². The molecule has 0 aliphatic heterocycles. The van der Waals surface area contributed by atoms with Crippen LogP contribution in [0, 0.1) is 5.82 Å². The molecular weight excluding hydrogens is 235 g/mol. The molecule has 1 aromatic heterocycles. The first kappa shape index (κ1) is 12.1. The Morgan fingerprint density at radius 3 is 2.89 bits per heavy atom. The lowest BCUT2D eigenvalue weighted by Crippen LogP contribution is -2.24. The minimum atomic E-state index is -0.530. The van der Waals surface area contributed by atoms with Crippen LogP contribution >= 0.6 is 0 Å². The summed E-state index contributed by atoms with van der Waals surface area (Å²) in [4.78, 5) is 15.9. The van der Waals surface area contributed by atoms with E-state index in [1.54, 1.807) is 17.0 Å². The number of anilines is 1. The predicted octanol–water partition coefficient (Wildman–Crippen LogP) is 1.07. The maximum absolute atomic E-state index is 13.1. The first-order valence-corrected chi connectivity index (χ1v) is 5.37. The van der Waals surface area contributed by atoms with Gasteiger partial charge < -0.3 is 15.6 Å². The van der Waals surface area contributed by atoms with E-state index in [1.807, 2.05) is 7.05 Å². The number of rotatable bonds is 3. The van der Waals surface area contributed by atoms with Gasteiger partial charge in [-0.15, -0.1) is 0 Å². The summed E-state index contributed by atoms with van der Waals surface area (Å²) in [5, 5.41) is 2.65. The van der Waals surface area contributed by atoms with Crippen molar-refractivity contribution in [1.82, 2.24) is 14.9 Å². The van der Waals surface area contributed by atoms with Gasteiger partial charge in [-0.1, -0.05) is 0 Å². The molecule has 2 rings (SSSR count). The molecule has 0 bridgehead atoms. The van der Waals surface area contributed by atoms with Gasteiger partial charge in [-0.25, -0.2) is 9.37 Å². The van der Waals surface area contributed by atoms with Gasteiger partial charge in [0.05, 0.1) is 6.54 Å². The number of aryl methyl sites for hydroxylation is 1. The zero-order chi connectivity index (χ0) is 13.1. The van der Waals surface area contributed by atoms with Crippen molar-refractivity contribution in [2.45, 2.75) is 6.54 Å². The monoisotopic (exact) mass is 248 g/mol. The highest BCUT2D eigenvalue weighted by Gasteiger charge is 2.09. The number of halogens is 1. The van der Waals surface area contributed by atoms with Crippen LogP contribution < -0.4 is 11.1 Å². The molecule has 3 N–H and O–H groups in total. The third kappa shape index (κ3) is 2.65. The van der Waals surface area contributed by atoms with Gasteiger partial charge in [0.25, 0.3) is 5.91 Å². The van der Waals surface area contributed by atoms with Gasteiger partial charge in [-0.2, -0.15) is 0 Å². The number of hydrogen-bond acceptors (Lipinski definition) is 3. The van der Waals surface area contributed by atoms with E-state index >= 15 is 0 Å². The normalized spacial score (nSPS) is 10.3. The lowest BCUT2D eigenvalue weighted by molar-refractivity contribution is 0.0949. The minimum absolute atomic E-state index is 0.196. The highest BCUT2D eigenvalue weighted by Crippen LogP contribution is 2.10. The molecule has 1 heterocycles. The second-order valence-electron chi connectivity index (χ2n) is 3.91. The lowest BCUT2D eigenvalue weighted by Gasteiger charge is -2.06. The van der Waals surface area contributed by atoms with E-state index in [2.05, 4.69) is 10.3 Å². The van der Waals surface area contributed by atoms with Gasteiger partial charge in [-0.05, 0) is 18.2 Å². The Balaban J connectivity index is 2.06. The number of benzene rings is 1. The number of aromatic nitrogens is 2. The van der Waals surface area contributed by atoms with Gasteiger partial charge in [0.2, 0.25) is 0 Å². The summed E-state index contributed by atoms with van der Waals surface area (Å²) in [5.74, 6) is -0.200. The minimum Gasteiger partial charge on any atom is -0.399 e. The number of carbonyl (C=O) groups is 1. The molecule has 2 aromatic rings. The molecule has 6 heteroatoms. The van der Waals surface area contributed by atoms with Crippen molar-refractivity contribution in [2.24, 2.45) is 7.05 Å². The van der Waals surface area contributed by atoms with E-state index in [-0.39, 0.29) is 23.7 Å². The molecule has 18 heavy (non-hydrogen) atoms. The first-order chi connectivity index (χ1) is 8.56. The standard InChI is InChI=1S/C12H13FN4O/c1-17-3-2-15-11(17)7-16-12(18)8-4-9(13)6-10(14)5-8/h2-6H,7,14H2,1H3,(H,16,18). The fourth-order valence-electron chi connectivity index (χ4n) is 1.57. The molecule has 5 nitrogen and oxygen atoms in total. The molecule has 0 aliphatic carbocycles. The molecular formula is C12H13FN4O. The summed E-state index contributed by atoms with van der Waals surface area (Å²) in [5.41, 5.74) is 5.89. The van der Waals surface area contributed by atoms with Crippen LogP contribution in [0.5, 0.6) is 0 Å². The molecule has 0 fully saturated rings. The summed E-state index contributed by atoms with van der Waals surface area (Å²) < 4.78 is 14.9. The van der Waals surface area contributed by atoms with E-state index in [1.165, 1.54) is 6.07 Å². The quantitative estimate of drug-likeness (QED) is 0.798. The summed E-state index contributed by atoms with van der Waals surface area (Å²) in [6.07, 6.45) is 3.42. The number of amides is 1. The fraction of sp³-hybridized carbons (Fsp3) is 0.167. The van der Waals surface area contributed by atoms with Gasteiger partial charge in [0, 0.05) is 30.7 Å². The average Bonchev–Trinajstić information content (AvgIpc) is 2.70. The van der Waals surface area contributed by atoms with Crippen molar-refractivity contribution >= 4 is 11.6 Å². The van der Waals surface area contributed by atoms with Crippen LogP contribution in [0.4, 0.5) is 10.1 Å². The number of carbonyl (C=O) groups excluding carboxylic acids is 1. The van der Waals surface area contributed by atoms with E-state index in [4.69, 9.17) is 5.73 Å². The SMILES string of the molecule is Cn1ccnc1CNC(=O)c1cc(N)cc(F)c1. The smallest absolute Gasteiger partial charge is 0.251 e. The highest BCUT2D eigenvalue weighted by molar-refractivity contribution is 5.94. The van der Waals surface area contributed by atoms with Gasteiger partial charge in [0.1, 0.15) is 11.6 Å². The number of nitrogens with one attached hydrogen (secondary N) is 1. The van der Waals surface area contributed by atoms with Gasteiger partial charge in [-0.3, -0.25) is 4.79 Å². The Kier molecular flexibility index (Phi) is 3.27. The van der Waals surface area contributed by atoms with Crippen LogP contribution in [0.25, 0.3) is 0 Å². The van der Waals surface area contributed by atoms with Gasteiger partial charge in [0.15, 0.2) is 0 Å². The summed E-state index contributed by atoms with van der Waals surface area (Å²) >= 11 is 0. The summed E-state index contributed by atoms with van der Waals surface area (Å²) in [6, 6.07) is 3.73. The van der Waals surface area contributed by atoms with E-state index < -0.39 is 5.82 Å². The van der Waals surface area contributed by atoms with Crippen molar-refractivity contribution in [3.63, 3.8) is 0 Å². The maximum atomic E-state index is 13.1. The first-order valence-electron chi connectivity index (χ1n) is 5.37. The molecule has 0 saturated carbocycles. The zero-order valence-corrected chi connectivity index (χ0v) is 9.85. The zero-order valence-electron chi connectivity index (χ0n) is 9.85. The molecule has 94 valence electrons. The fourth-order valence-corrected chi connectivity index (χ4v) is 1.57. The number of nitrogens with zero attached hydrogens (tertiary/aromatic N) is 2. The van der Waals surface area contributed by atoms with Crippen molar-refractivity contribution < 1.29 is 9.18 Å². The number of nitrogen functional groups attached to an aromatic ring is 1. The Morgan fingerprint density at radius 2 is 2.28 bits per heavy atom. The van der Waals surface area contributed by atoms with Gasteiger partial charge >= 0.3 is 0 Å². The Labute approximate surface area is 103 Å². The van der Waals surface area contributed by atoms with E-state index in [9.17, 15) is 9.18 Å². The highest BCUT2D eigenvalue weighted by atomic mass is 19.1. The summed E-state index contributed by atoms with van der Waals surface area (Å²) in [6.45, 7) is 0.277. The number of imidazole rings is 1. The number of hydrogen-bond donors (Lipinski definition) is 2. The largest absolute Gasteiger partial charge is 0.399 e. The molecule has 0 atom stereocenters. The molecule has 0 spiro atoms. The Hall–Kier alpha value is -2.37. The van der Waals surface area contributed by atoms with Crippen molar-refractivity contribution in [1.29, 1.82) is 0 Å². The van der Waals surface area contributed by atoms with Crippen molar-refractivity contribution in [2.75, 3.05) is 5.73 Å². The van der Waals surface area contributed by atoms with Crippen LogP contribution in [0.15, 0.2) is 30.6 Å². The summed E-state index contributed by atoms with van der Waals surface area (Å²) in [7, 11) is 1.83. The molecule has 1 aromatic carbocycles. The van der Waals surface area contributed by atoms with Crippen molar-refractivity contribution in [3.05, 3.63) is 47.8 Å². The van der Waals surface area contributed by atoms with E-state index in [0.29, 0.717) is 5.82 Å². The van der Waals surface area contributed by atoms with Crippen LogP contribution in [0.2, 0.25) is 0 Å². The van der Waals surface area contributed by atoms with E-state index in [0.717, 1.165) is 12.1 Å². The molecule has 1 amide bonds. The third-order valence-corrected chi connectivity index (χ3v) is 2.51.